The molecule has 9 heteroatoms. The summed E-state index contributed by atoms with van der Waals surface area (Å²) >= 11 is 0. The first-order valence-corrected chi connectivity index (χ1v) is 8.43. The average Bonchev–Trinajstić information content (AvgIpc) is 2.98. The Bertz CT molecular complexity index is 1060. The molecule has 4 rings (SSSR count). The largest absolute Gasteiger partial charge is 0.465 e. The number of piperazine rings is 1. The molecule has 0 aliphatic carbocycles. The predicted molar refractivity (Wildman–Crippen MR) is 96.3 cm³/mol. The van der Waals surface area contributed by atoms with Crippen molar-refractivity contribution in [1.29, 1.82) is 0 Å². The van der Waals surface area contributed by atoms with Gasteiger partial charge >= 0.3 is 5.97 Å². The number of esters is 1. The molecule has 1 aliphatic heterocycles. The number of nitrogens with zero attached hydrogens (tertiary/aromatic N) is 6. The highest BCUT2D eigenvalue weighted by Crippen LogP contribution is 2.18. The maximum absolute atomic E-state index is 13.0. The van der Waals surface area contributed by atoms with Crippen molar-refractivity contribution in [3.63, 3.8) is 0 Å². The number of fused-ring (bicyclic) bond motifs is 3. The Balaban J connectivity index is 1.88. The van der Waals surface area contributed by atoms with Crippen LogP contribution in [0.4, 0.5) is 0 Å². The number of methoxy groups -OCH3 is 1. The molecule has 0 amide bonds. The predicted octanol–water partition coefficient (Wildman–Crippen LogP) is 0.0226. The molecule has 1 aliphatic rings. The van der Waals surface area contributed by atoms with Gasteiger partial charge in [0.05, 0.1) is 23.7 Å². The molecule has 1 saturated heterocycles. The number of likely N-dealkylation sites (N-methyl/N-ethyl adjacent to an activating group) is 1. The lowest BCUT2D eigenvalue weighted by Gasteiger charge is -2.34. The maximum atomic E-state index is 13.0. The molecule has 3 aromatic rings. The maximum Gasteiger partial charge on any atom is 0.343 e. The van der Waals surface area contributed by atoms with Gasteiger partial charge < -0.3 is 14.6 Å². The van der Waals surface area contributed by atoms with Crippen LogP contribution in [0, 0.1) is 6.92 Å². The fourth-order valence-corrected chi connectivity index (χ4v) is 3.34. The molecule has 0 bridgehead atoms. The SMILES string of the molecule is COC(=O)c1c(C)nn2c1ncc1c(=O)n(N3CCN(C)CC3)ccc12. The van der Waals surface area contributed by atoms with Gasteiger partial charge in [-0.3, -0.25) is 4.79 Å². The summed E-state index contributed by atoms with van der Waals surface area (Å²) in [6, 6.07) is 1.83. The summed E-state index contributed by atoms with van der Waals surface area (Å²) in [4.78, 5) is 31.5. The fraction of sp³-hybridized carbons (Fsp3) is 0.412. The van der Waals surface area contributed by atoms with Crippen LogP contribution in [-0.2, 0) is 4.74 Å². The molecular weight excluding hydrogens is 336 g/mol. The van der Waals surface area contributed by atoms with E-state index < -0.39 is 5.97 Å². The highest BCUT2D eigenvalue weighted by molar-refractivity contribution is 5.98. The van der Waals surface area contributed by atoms with E-state index in [2.05, 4.69) is 22.0 Å². The van der Waals surface area contributed by atoms with Gasteiger partial charge in [0, 0.05) is 38.6 Å². The van der Waals surface area contributed by atoms with Crippen molar-refractivity contribution in [1.82, 2.24) is 24.2 Å². The zero-order valence-electron chi connectivity index (χ0n) is 15.0. The van der Waals surface area contributed by atoms with E-state index in [0.717, 1.165) is 26.2 Å². The van der Waals surface area contributed by atoms with Gasteiger partial charge in [-0.25, -0.2) is 19.0 Å². The minimum Gasteiger partial charge on any atom is -0.465 e. The van der Waals surface area contributed by atoms with Crippen LogP contribution >= 0.6 is 0 Å². The Labute approximate surface area is 149 Å². The van der Waals surface area contributed by atoms with Crippen LogP contribution in [0.5, 0.6) is 0 Å². The van der Waals surface area contributed by atoms with Gasteiger partial charge in [-0.05, 0) is 20.0 Å². The third-order valence-electron chi connectivity index (χ3n) is 4.84. The number of carbonyl (C=O) groups excluding carboxylic acids is 1. The number of aryl methyl sites for hydroxylation is 1. The van der Waals surface area contributed by atoms with Crippen LogP contribution in [0.1, 0.15) is 16.1 Å². The Morgan fingerprint density at radius 1 is 1.23 bits per heavy atom. The smallest absolute Gasteiger partial charge is 0.343 e. The monoisotopic (exact) mass is 356 g/mol. The van der Waals surface area contributed by atoms with E-state index in [-0.39, 0.29) is 5.56 Å². The summed E-state index contributed by atoms with van der Waals surface area (Å²) in [6.07, 6.45) is 3.26. The van der Waals surface area contributed by atoms with E-state index in [1.54, 1.807) is 17.8 Å². The van der Waals surface area contributed by atoms with E-state index in [4.69, 9.17) is 4.74 Å². The zero-order chi connectivity index (χ0) is 18.4. The lowest BCUT2D eigenvalue weighted by Crippen LogP contribution is -2.52. The fourth-order valence-electron chi connectivity index (χ4n) is 3.34. The number of ether oxygens (including phenoxy) is 1. The van der Waals surface area contributed by atoms with Gasteiger partial charge in [0.2, 0.25) is 0 Å². The summed E-state index contributed by atoms with van der Waals surface area (Å²) < 4.78 is 7.99. The Kier molecular flexibility index (Phi) is 3.87. The Hall–Kier alpha value is -2.94. The lowest BCUT2D eigenvalue weighted by atomic mass is 10.2. The standard InChI is InChI=1S/C17H20N6O3/c1-11-14(17(25)26-3)15-18-10-12-13(23(15)19-11)4-5-22(16(12)24)21-8-6-20(2)7-9-21/h4-5,10H,6-9H2,1-3H3. The van der Waals surface area contributed by atoms with Crippen LogP contribution in [-0.4, -0.2) is 70.5 Å². The quantitative estimate of drug-likeness (QED) is 0.599. The summed E-state index contributed by atoms with van der Waals surface area (Å²) in [5.74, 6) is -0.491. The molecule has 26 heavy (non-hydrogen) atoms. The van der Waals surface area contributed by atoms with Crippen LogP contribution in [0.15, 0.2) is 23.3 Å². The number of rotatable bonds is 2. The van der Waals surface area contributed by atoms with Crippen molar-refractivity contribution in [3.05, 3.63) is 40.1 Å². The molecule has 1 fully saturated rings. The summed E-state index contributed by atoms with van der Waals surface area (Å²) in [5.41, 5.74) is 1.69. The Morgan fingerprint density at radius 2 is 1.96 bits per heavy atom. The second kappa shape index (κ2) is 6.10. The van der Waals surface area contributed by atoms with Crippen molar-refractivity contribution < 1.29 is 9.53 Å². The second-order valence-electron chi connectivity index (χ2n) is 6.47. The molecule has 0 saturated carbocycles. The molecule has 0 aromatic carbocycles. The number of hydrogen-bond acceptors (Lipinski definition) is 7. The van der Waals surface area contributed by atoms with Gasteiger partial charge in [-0.1, -0.05) is 0 Å². The molecule has 9 nitrogen and oxygen atoms in total. The number of carbonyl (C=O) groups is 1. The number of hydrogen-bond donors (Lipinski definition) is 0. The molecule has 136 valence electrons. The van der Waals surface area contributed by atoms with E-state index in [1.165, 1.54) is 17.8 Å². The molecule has 0 radical (unpaired) electrons. The second-order valence-corrected chi connectivity index (χ2v) is 6.47. The molecule has 3 aromatic heterocycles. The van der Waals surface area contributed by atoms with Crippen molar-refractivity contribution in [2.75, 3.05) is 45.3 Å². The summed E-state index contributed by atoms with van der Waals surface area (Å²) in [6.45, 7) is 5.10. The minimum atomic E-state index is -0.491. The highest BCUT2D eigenvalue weighted by Gasteiger charge is 2.22. The first-order chi connectivity index (χ1) is 12.5. The highest BCUT2D eigenvalue weighted by atomic mass is 16.5. The molecule has 0 N–H and O–H groups in total. The zero-order valence-corrected chi connectivity index (χ0v) is 15.0. The normalized spacial score (nSPS) is 15.7. The average molecular weight is 356 g/mol. The summed E-state index contributed by atoms with van der Waals surface area (Å²) in [5, 5.41) is 6.87. The molecule has 0 spiro atoms. The van der Waals surface area contributed by atoms with E-state index >= 15 is 0 Å². The van der Waals surface area contributed by atoms with Gasteiger partial charge in [0.15, 0.2) is 5.65 Å². The van der Waals surface area contributed by atoms with Crippen LogP contribution < -0.4 is 10.6 Å². The first-order valence-electron chi connectivity index (χ1n) is 8.43. The van der Waals surface area contributed by atoms with E-state index in [1.807, 2.05) is 11.1 Å². The van der Waals surface area contributed by atoms with Gasteiger partial charge in [-0.15, -0.1) is 0 Å². The van der Waals surface area contributed by atoms with Crippen molar-refractivity contribution in [3.8, 4) is 0 Å². The topological polar surface area (TPSA) is 85.0 Å². The molecule has 0 unspecified atom stereocenters. The molecule has 0 atom stereocenters. The van der Waals surface area contributed by atoms with Crippen LogP contribution in [0.25, 0.3) is 16.6 Å². The molecule has 4 heterocycles. The Morgan fingerprint density at radius 3 is 2.65 bits per heavy atom. The third-order valence-corrected chi connectivity index (χ3v) is 4.84. The van der Waals surface area contributed by atoms with Crippen molar-refractivity contribution in [2.45, 2.75) is 6.92 Å². The molecular formula is C17H20N6O3. The first kappa shape index (κ1) is 16.5. The number of pyridine rings is 1. The third kappa shape index (κ3) is 2.43. The van der Waals surface area contributed by atoms with Gasteiger partial charge in [0.25, 0.3) is 5.56 Å². The van der Waals surface area contributed by atoms with Crippen molar-refractivity contribution >= 4 is 22.5 Å². The van der Waals surface area contributed by atoms with E-state index in [0.29, 0.717) is 27.8 Å². The van der Waals surface area contributed by atoms with Gasteiger partial charge in [-0.2, -0.15) is 5.10 Å². The number of aromatic nitrogens is 4. The minimum absolute atomic E-state index is 0.144. The van der Waals surface area contributed by atoms with Crippen molar-refractivity contribution in [2.24, 2.45) is 0 Å². The van der Waals surface area contributed by atoms with E-state index in [9.17, 15) is 9.59 Å². The van der Waals surface area contributed by atoms with Crippen LogP contribution in [0.3, 0.4) is 0 Å². The van der Waals surface area contributed by atoms with Crippen LogP contribution in [0.2, 0.25) is 0 Å². The van der Waals surface area contributed by atoms with Gasteiger partial charge in [0.1, 0.15) is 5.56 Å². The summed E-state index contributed by atoms with van der Waals surface area (Å²) in [7, 11) is 3.39. The lowest BCUT2D eigenvalue weighted by molar-refractivity contribution is 0.0602.